The van der Waals surface area contributed by atoms with Crippen LogP contribution in [0.15, 0.2) is 25.2 Å². The van der Waals surface area contributed by atoms with Crippen LogP contribution < -0.4 is 5.32 Å². The summed E-state index contributed by atoms with van der Waals surface area (Å²) >= 11 is 0. The molecule has 0 aromatic carbocycles. The second-order valence-corrected chi connectivity index (χ2v) is 1.45. The van der Waals surface area contributed by atoms with Crippen LogP contribution in [0.5, 0.6) is 0 Å². The molecule has 0 aliphatic rings. The Kier molecular flexibility index (Phi) is 13.0. The minimum atomic E-state index is 1.73. The van der Waals surface area contributed by atoms with Gasteiger partial charge in [0.1, 0.15) is 0 Å². The monoisotopic (exact) mass is 142 g/mol. The summed E-state index contributed by atoms with van der Waals surface area (Å²) in [7, 11) is 3.77. The molecule has 1 N–H and O–H groups in total. The largest absolute Gasteiger partial charge is 0.393 e. The molecule has 0 aliphatic carbocycles. The fourth-order valence-electron chi connectivity index (χ4n) is 0.253. The van der Waals surface area contributed by atoms with Crippen molar-refractivity contribution >= 4 is 0 Å². The van der Waals surface area contributed by atoms with E-state index in [0.29, 0.717) is 0 Å². The van der Waals surface area contributed by atoms with Crippen molar-refractivity contribution in [3.05, 3.63) is 25.2 Å². The van der Waals surface area contributed by atoms with E-state index in [1.165, 1.54) is 0 Å². The van der Waals surface area contributed by atoms with Gasteiger partial charge >= 0.3 is 0 Å². The average Bonchev–Trinajstić information content (AvgIpc) is 2.04. The molecular formula is C8H18N2. The summed E-state index contributed by atoms with van der Waals surface area (Å²) in [5.74, 6) is 0. The minimum absolute atomic E-state index is 1.73. The summed E-state index contributed by atoms with van der Waals surface area (Å²) in [6, 6.07) is 0. The lowest BCUT2D eigenvalue weighted by Gasteiger charge is -2.03. The zero-order valence-corrected chi connectivity index (χ0v) is 7.39. The molecule has 0 saturated carbocycles. The van der Waals surface area contributed by atoms with Crippen LogP contribution in [-0.2, 0) is 0 Å². The lowest BCUT2D eigenvalue weighted by Crippen LogP contribution is -2.02. The zero-order valence-electron chi connectivity index (χ0n) is 7.39. The summed E-state index contributed by atoms with van der Waals surface area (Å²) in [5, 5.41) is 2.86. The van der Waals surface area contributed by atoms with E-state index in [4.69, 9.17) is 0 Å². The van der Waals surface area contributed by atoms with Crippen molar-refractivity contribution in [2.24, 2.45) is 0 Å². The van der Waals surface area contributed by atoms with Crippen molar-refractivity contribution in [1.82, 2.24) is 10.2 Å². The van der Waals surface area contributed by atoms with Gasteiger partial charge in [-0.15, -0.1) is 0 Å². The summed E-state index contributed by atoms with van der Waals surface area (Å²) in [6.07, 6.45) is 5.45. The van der Waals surface area contributed by atoms with Gasteiger partial charge in [-0.25, -0.2) is 0 Å². The van der Waals surface area contributed by atoms with Crippen molar-refractivity contribution in [3.63, 3.8) is 0 Å². The van der Waals surface area contributed by atoms with Gasteiger partial charge in [0.05, 0.1) is 0 Å². The van der Waals surface area contributed by atoms with E-state index in [1.54, 1.807) is 6.20 Å². The first-order valence-electron chi connectivity index (χ1n) is 3.49. The fraction of sp³-hybridized carbons (Fsp3) is 0.500. The Bertz CT molecular complexity index is 87.3. The van der Waals surface area contributed by atoms with Gasteiger partial charge in [-0.1, -0.05) is 20.4 Å². The van der Waals surface area contributed by atoms with Crippen LogP contribution in [0.3, 0.4) is 0 Å². The number of nitrogens with one attached hydrogen (secondary N) is 1. The Balaban J connectivity index is 0. The van der Waals surface area contributed by atoms with Crippen molar-refractivity contribution in [3.8, 4) is 0 Å². The highest BCUT2D eigenvalue weighted by Gasteiger charge is 1.73. The number of hydrogen-bond acceptors (Lipinski definition) is 2. The van der Waals surface area contributed by atoms with E-state index < -0.39 is 0 Å². The van der Waals surface area contributed by atoms with Gasteiger partial charge in [-0.05, 0) is 6.20 Å². The number of rotatable bonds is 3. The smallest absolute Gasteiger partial charge is 0.0188 e. The van der Waals surface area contributed by atoms with Crippen molar-refractivity contribution in [1.29, 1.82) is 0 Å². The third-order valence-corrected chi connectivity index (χ3v) is 0.764. The van der Waals surface area contributed by atoms with Gasteiger partial charge in [0.15, 0.2) is 0 Å². The maximum absolute atomic E-state index is 3.56. The van der Waals surface area contributed by atoms with Crippen LogP contribution in [0.4, 0.5) is 0 Å². The zero-order chi connectivity index (χ0) is 8.41. The molecule has 0 heterocycles. The van der Waals surface area contributed by atoms with Gasteiger partial charge in [0.2, 0.25) is 0 Å². The topological polar surface area (TPSA) is 15.3 Å². The molecule has 0 radical (unpaired) electrons. The van der Waals surface area contributed by atoms with E-state index >= 15 is 0 Å². The highest BCUT2D eigenvalue weighted by Crippen LogP contribution is 1.79. The molecule has 0 rings (SSSR count). The summed E-state index contributed by atoms with van der Waals surface area (Å²) in [4.78, 5) is 1.86. The third kappa shape index (κ3) is 10.1. The van der Waals surface area contributed by atoms with Crippen LogP contribution in [0.2, 0.25) is 0 Å². The van der Waals surface area contributed by atoms with E-state index in [0.717, 1.165) is 0 Å². The lowest BCUT2D eigenvalue weighted by molar-refractivity contribution is 0.623. The van der Waals surface area contributed by atoms with E-state index in [2.05, 4.69) is 11.9 Å². The van der Waals surface area contributed by atoms with Gasteiger partial charge in [-0.3, -0.25) is 0 Å². The molecule has 0 unspecified atom stereocenters. The highest BCUT2D eigenvalue weighted by atomic mass is 15.1. The molecule has 0 atom stereocenters. The molecule has 0 aromatic rings. The maximum Gasteiger partial charge on any atom is 0.0188 e. The fourth-order valence-corrected chi connectivity index (χ4v) is 0.253. The highest BCUT2D eigenvalue weighted by molar-refractivity contribution is 4.82. The molecular weight excluding hydrogens is 124 g/mol. The Labute approximate surface area is 64.2 Å². The third-order valence-electron chi connectivity index (χ3n) is 0.764. The molecule has 0 bridgehead atoms. The minimum Gasteiger partial charge on any atom is -0.393 e. The molecule has 0 aliphatic heterocycles. The average molecular weight is 142 g/mol. The van der Waals surface area contributed by atoms with Crippen molar-refractivity contribution < 1.29 is 0 Å². The maximum atomic E-state index is 3.56. The molecule has 0 fully saturated rings. The van der Waals surface area contributed by atoms with Gasteiger partial charge in [0, 0.05) is 26.5 Å². The molecule has 0 spiro atoms. The first-order chi connectivity index (χ1) is 4.81. The molecule has 0 saturated heterocycles. The van der Waals surface area contributed by atoms with E-state index in [-0.39, 0.29) is 0 Å². The van der Waals surface area contributed by atoms with Gasteiger partial charge < -0.3 is 10.2 Å². The molecule has 0 aromatic heterocycles. The quantitative estimate of drug-likeness (QED) is 0.646. The Morgan fingerprint density at radius 3 is 2.20 bits per heavy atom. The number of hydrogen-bond donors (Lipinski definition) is 1. The molecule has 60 valence electrons. The predicted octanol–water partition coefficient (Wildman–Crippen LogP) is 1.78. The summed E-state index contributed by atoms with van der Waals surface area (Å²) in [6.45, 7) is 7.56. The number of nitrogens with zero attached hydrogens (tertiary/aromatic N) is 1. The van der Waals surface area contributed by atoms with Crippen molar-refractivity contribution in [2.45, 2.75) is 13.8 Å². The van der Waals surface area contributed by atoms with E-state index in [9.17, 15) is 0 Å². The summed E-state index contributed by atoms with van der Waals surface area (Å²) < 4.78 is 0. The van der Waals surface area contributed by atoms with E-state index in [1.807, 2.05) is 45.2 Å². The molecule has 2 heteroatoms. The Morgan fingerprint density at radius 2 is 1.90 bits per heavy atom. The summed E-state index contributed by atoms with van der Waals surface area (Å²) in [5.41, 5.74) is 0. The molecule has 10 heavy (non-hydrogen) atoms. The Morgan fingerprint density at radius 1 is 1.40 bits per heavy atom. The van der Waals surface area contributed by atoms with Crippen LogP contribution in [0.25, 0.3) is 0 Å². The van der Waals surface area contributed by atoms with Crippen molar-refractivity contribution in [2.75, 3.05) is 14.1 Å². The first-order valence-corrected chi connectivity index (χ1v) is 3.49. The first kappa shape index (κ1) is 11.8. The standard InChI is InChI=1S/C6H12N2.C2H6/c1-4-8(3)6-5-7-2;1-2/h4-7H,1H2,2-3H3;1-2H3/b6-5-;. The van der Waals surface area contributed by atoms with Gasteiger partial charge in [0.25, 0.3) is 0 Å². The second kappa shape index (κ2) is 11.0. The second-order valence-electron chi connectivity index (χ2n) is 1.45. The van der Waals surface area contributed by atoms with Crippen LogP contribution in [-0.4, -0.2) is 19.0 Å². The van der Waals surface area contributed by atoms with Crippen LogP contribution >= 0.6 is 0 Å². The lowest BCUT2D eigenvalue weighted by atomic mass is 10.7. The predicted molar refractivity (Wildman–Crippen MR) is 47.5 cm³/mol. The van der Waals surface area contributed by atoms with Crippen LogP contribution in [0.1, 0.15) is 13.8 Å². The normalized spacial score (nSPS) is 8.00. The SMILES string of the molecule is C=CN(C)/C=C\NC.CC. The molecule has 0 amide bonds. The Hall–Kier alpha value is -0.920. The molecule has 2 nitrogen and oxygen atoms in total. The van der Waals surface area contributed by atoms with Gasteiger partial charge in [-0.2, -0.15) is 0 Å². The van der Waals surface area contributed by atoms with Crippen LogP contribution in [0, 0.1) is 0 Å².